The second-order valence-corrected chi connectivity index (χ2v) is 1.71. The van der Waals surface area contributed by atoms with E-state index in [4.69, 9.17) is 5.53 Å². The van der Waals surface area contributed by atoms with E-state index in [1.165, 1.54) is 0 Å². The number of hydrogen-bond acceptors (Lipinski definition) is 2. The molecule has 0 radical (unpaired) electrons. The number of aromatic amines is 2. The van der Waals surface area contributed by atoms with Crippen LogP contribution >= 0.6 is 0 Å². The zero-order chi connectivity index (χ0) is 8.10. The van der Waals surface area contributed by atoms with Crippen LogP contribution in [0.15, 0.2) is 29.6 Å². The summed E-state index contributed by atoms with van der Waals surface area (Å²) in [4.78, 5) is 11.7. The average molecular weight is 153 g/mol. The summed E-state index contributed by atoms with van der Waals surface area (Å²) in [6.45, 7) is 0. The number of amides is 1. The lowest BCUT2D eigenvalue weighted by molar-refractivity contribution is 0.242. The maximum atomic E-state index is 10.7. The minimum absolute atomic E-state index is 0.707. The van der Waals surface area contributed by atoms with Gasteiger partial charge >= 0.3 is 6.03 Å². The van der Waals surface area contributed by atoms with E-state index in [-0.39, 0.29) is 0 Å². The fourth-order valence-electron chi connectivity index (χ4n) is 0.544. The van der Waals surface area contributed by atoms with Crippen molar-refractivity contribution in [1.82, 2.24) is 15.0 Å². The molecule has 0 spiro atoms. The molecule has 11 heavy (non-hydrogen) atoms. The lowest BCUT2D eigenvalue weighted by atomic mass is 10.6. The summed E-state index contributed by atoms with van der Waals surface area (Å²) in [5.74, 6) is 0. The molecule has 3 N–H and O–H groups in total. The van der Waals surface area contributed by atoms with Crippen LogP contribution in [0.3, 0.4) is 0 Å². The lowest BCUT2D eigenvalue weighted by Crippen LogP contribution is -2.11. The third kappa shape index (κ3) is 1.78. The number of hydrogen-bond donors (Lipinski definition) is 3. The van der Waals surface area contributed by atoms with Gasteiger partial charge in [-0.3, -0.25) is 10.2 Å². The van der Waals surface area contributed by atoms with Gasteiger partial charge in [-0.1, -0.05) is 5.11 Å². The van der Waals surface area contributed by atoms with E-state index in [0.29, 0.717) is 0 Å². The van der Waals surface area contributed by atoms with E-state index in [2.05, 4.69) is 15.3 Å². The second-order valence-electron chi connectivity index (χ2n) is 1.71. The molecule has 0 fully saturated rings. The maximum absolute atomic E-state index is 10.7. The van der Waals surface area contributed by atoms with Crippen LogP contribution in [0, 0.1) is 5.53 Å². The summed E-state index contributed by atoms with van der Waals surface area (Å²) in [7, 11) is 0. The Balaban J connectivity index is 3.07. The predicted molar refractivity (Wildman–Crippen MR) is 36.7 cm³/mol. The largest absolute Gasteiger partial charge is 0.399 e. The summed E-state index contributed by atoms with van der Waals surface area (Å²) >= 11 is 0. The van der Waals surface area contributed by atoms with Crippen molar-refractivity contribution in [2.24, 2.45) is 5.11 Å². The second kappa shape index (κ2) is 3.35. The molecule has 6 nitrogen and oxygen atoms in total. The molecule has 1 aromatic heterocycles. The molecule has 1 heterocycles. The number of carbonyl (C=O) groups is 1. The predicted octanol–water partition coefficient (Wildman–Crippen LogP) is 1.27. The van der Waals surface area contributed by atoms with Gasteiger partial charge in [-0.05, 0) is 12.1 Å². The van der Waals surface area contributed by atoms with Crippen molar-refractivity contribution < 1.29 is 4.79 Å². The van der Waals surface area contributed by atoms with Gasteiger partial charge in [-0.25, -0.2) is 4.79 Å². The van der Waals surface area contributed by atoms with E-state index in [1.807, 2.05) is 0 Å². The van der Waals surface area contributed by atoms with Crippen molar-refractivity contribution in [3.05, 3.63) is 24.5 Å². The molecule has 0 saturated carbocycles. The smallest absolute Gasteiger partial charge is 0.283 e. The summed E-state index contributed by atoms with van der Waals surface area (Å²) in [6, 6.07) is 2.69. The minimum Gasteiger partial charge on any atom is -0.283 e. The summed E-state index contributed by atoms with van der Waals surface area (Å²) in [6.07, 6.45) is 3.08. The van der Waals surface area contributed by atoms with Crippen LogP contribution in [0.4, 0.5) is 4.79 Å². The van der Waals surface area contributed by atoms with E-state index in [0.717, 1.165) is 4.80 Å². The van der Waals surface area contributed by atoms with E-state index >= 15 is 0 Å². The third-order valence-electron chi connectivity index (χ3n) is 0.998. The Morgan fingerprint density at radius 1 is 1.36 bits per heavy atom. The van der Waals surface area contributed by atoms with Crippen molar-refractivity contribution in [1.29, 1.82) is 5.53 Å². The summed E-state index contributed by atoms with van der Waals surface area (Å²) in [5, 5.41) is 7.79. The molecule has 0 aliphatic heterocycles. The highest BCUT2D eigenvalue weighted by Crippen LogP contribution is 1.80. The van der Waals surface area contributed by atoms with E-state index in [1.54, 1.807) is 24.5 Å². The average Bonchev–Trinajstić information content (AvgIpc) is 2.30. The van der Waals surface area contributed by atoms with E-state index in [9.17, 15) is 4.79 Å². The molecule has 1 rings (SSSR count). The first kappa shape index (κ1) is 7.26. The SMILES string of the molecule is N=NC(=O)n1[nH]cccc[nH]1. The number of nitrogens with one attached hydrogen (secondary N) is 3. The van der Waals surface area contributed by atoms with Gasteiger partial charge in [-0.2, -0.15) is 5.53 Å². The quantitative estimate of drug-likeness (QED) is 0.481. The van der Waals surface area contributed by atoms with Crippen LogP contribution in [0.5, 0.6) is 0 Å². The Kier molecular flexibility index (Phi) is 2.21. The Morgan fingerprint density at radius 3 is 2.36 bits per heavy atom. The number of carbonyl (C=O) groups excluding carboxylic acids is 1. The molecule has 1 aromatic rings. The fourth-order valence-corrected chi connectivity index (χ4v) is 0.544. The fraction of sp³-hybridized carbons (Fsp3) is 0. The highest BCUT2D eigenvalue weighted by molar-refractivity contribution is 5.74. The Labute approximate surface area is 62.0 Å². The first-order valence-electron chi connectivity index (χ1n) is 2.90. The van der Waals surface area contributed by atoms with Crippen LogP contribution in [-0.2, 0) is 0 Å². The van der Waals surface area contributed by atoms with Gasteiger partial charge in [0.15, 0.2) is 0 Å². The molecular weight excluding hydrogens is 146 g/mol. The first-order chi connectivity index (χ1) is 5.34. The van der Waals surface area contributed by atoms with Crippen molar-refractivity contribution in [2.45, 2.75) is 0 Å². The molecule has 0 atom stereocenters. The van der Waals surface area contributed by atoms with Crippen molar-refractivity contribution in [2.75, 3.05) is 0 Å². The Morgan fingerprint density at radius 2 is 1.91 bits per heavy atom. The van der Waals surface area contributed by atoms with Crippen molar-refractivity contribution in [3.8, 4) is 0 Å². The molecular formula is C5H7N5O. The van der Waals surface area contributed by atoms with Crippen LogP contribution in [0.25, 0.3) is 0 Å². The molecule has 6 heteroatoms. The van der Waals surface area contributed by atoms with Gasteiger partial charge in [-0.15, -0.1) is 4.80 Å². The van der Waals surface area contributed by atoms with Gasteiger partial charge < -0.3 is 0 Å². The van der Waals surface area contributed by atoms with Crippen molar-refractivity contribution in [3.63, 3.8) is 0 Å². The number of nitrogens with zero attached hydrogens (tertiary/aromatic N) is 2. The lowest BCUT2D eigenvalue weighted by Gasteiger charge is -1.93. The summed E-state index contributed by atoms with van der Waals surface area (Å²) in [5.41, 5.74) is 6.42. The highest BCUT2D eigenvalue weighted by atomic mass is 16.2. The zero-order valence-electron chi connectivity index (χ0n) is 5.61. The topological polar surface area (TPSA) is 89.8 Å². The van der Waals surface area contributed by atoms with Gasteiger partial charge in [0.25, 0.3) is 0 Å². The third-order valence-corrected chi connectivity index (χ3v) is 0.998. The molecule has 0 unspecified atom stereocenters. The Hall–Kier alpha value is -1.85. The van der Waals surface area contributed by atoms with E-state index < -0.39 is 6.03 Å². The molecule has 0 bridgehead atoms. The van der Waals surface area contributed by atoms with Gasteiger partial charge in [0, 0.05) is 12.4 Å². The van der Waals surface area contributed by atoms with Crippen LogP contribution < -0.4 is 0 Å². The standard InChI is InChI=1S/C5H7N5O/c6-9-5(11)10-7-3-1-2-4-8-10/h1-4,6-8H. The van der Waals surface area contributed by atoms with Crippen LogP contribution in [0.1, 0.15) is 0 Å². The monoisotopic (exact) mass is 153 g/mol. The molecule has 0 saturated heterocycles. The molecule has 1 amide bonds. The molecule has 0 aliphatic carbocycles. The summed E-state index contributed by atoms with van der Waals surface area (Å²) < 4.78 is 0. The Bertz CT molecular complexity index is 273. The normalized spacial score (nSPS) is 8.73. The highest BCUT2D eigenvalue weighted by Gasteiger charge is 1.95. The van der Waals surface area contributed by atoms with Gasteiger partial charge in [0.05, 0.1) is 0 Å². The van der Waals surface area contributed by atoms with Gasteiger partial charge in [0.1, 0.15) is 0 Å². The van der Waals surface area contributed by atoms with Crippen LogP contribution in [0.2, 0.25) is 0 Å². The minimum atomic E-state index is -0.707. The van der Waals surface area contributed by atoms with Gasteiger partial charge in [0.2, 0.25) is 0 Å². The molecule has 58 valence electrons. The number of rotatable bonds is 0. The number of aromatic nitrogens is 3. The van der Waals surface area contributed by atoms with Crippen LogP contribution in [-0.4, -0.2) is 21.0 Å². The van der Waals surface area contributed by atoms with Crippen molar-refractivity contribution >= 4 is 6.03 Å². The molecule has 0 aliphatic rings. The molecule has 0 aromatic carbocycles. The zero-order valence-corrected chi connectivity index (χ0v) is 5.61. The number of H-pyrrole nitrogens is 2. The maximum Gasteiger partial charge on any atom is 0.399 e. The first-order valence-corrected chi connectivity index (χ1v) is 2.90.